The Bertz CT molecular complexity index is 394. The molecule has 88 valence electrons. The number of hydrogen-bond donors (Lipinski definition) is 0. The minimum atomic E-state index is -0.610. The third-order valence-electron chi connectivity index (χ3n) is 2.92. The van der Waals surface area contributed by atoms with Gasteiger partial charge >= 0.3 is 0 Å². The van der Waals surface area contributed by atoms with E-state index >= 15 is 0 Å². The van der Waals surface area contributed by atoms with Crippen LogP contribution in [0.1, 0.15) is 25.0 Å². The molecule has 0 radical (unpaired) electrons. The summed E-state index contributed by atoms with van der Waals surface area (Å²) in [5.74, 6) is 0.215. The highest BCUT2D eigenvalue weighted by atomic mass is 79.9. The summed E-state index contributed by atoms with van der Waals surface area (Å²) in [6, 6.07) is 5.91. The third kappa shape index (κ3) is 2.10. The summed E-state index contributed by atoms with van der Waals surface area (Å²) in [4.78, 5) is 0. The zero-order valence-electron chi connectivity index (χ0n) is 9.62. The Hall–Kier alpha value is -0.580. The summed E-state index contributed by atoms with van der Waals surface area (Å²) in [5.41, 5.74) is 1.06. The Morgan fingerprint density at radius 1 is 1.44 bits per heavy atom. The standard InChI is InChI=1S/C12H15BrO3/c1-12(15-3)7-11(14-2)9-6-8(13)4-5-10(9)16-12/h4-6,11H,7H2,1-3H3/t11-,12+/m1/s1. The van der Waals surface area contributed by atoms with Gasteiger partial charge in [-0.25, -0.2) is 0 Å². The molecule has 1 aliphatic rings. The fourth-order valence-electron chi connectivity index (χ4n) is 1.92. The molecule has 0 unspecified atom stereocenters. The number of benzene rings is 1. The largest absolute Gasteiger partial charge is 0.462 e. The van der Waals surface area contributed by atoms with Gasteiger partial charge in [-0.2, -0.15) is 0 Å². The van der Waals surface area contributed by atoms with Crippen LogP contribution >= 0.6 is 15.9 Å². The van der Waals surface area contributed by atoms with E-state index in [1.54, 1.807) is 14.2 Å². The van der Waals surface area contributed by atoms with Gasteiger partial charge in [-0.05, 0) is 18.2 Å². The second kappa shape index (κ2) is 4.35. The lowest BCUT2D eigenvalue weighted by atomic mass is 9.97. The molecule has 0 amide bonds. The summed E-state index contributed by atoms with van der Waals surface area (Å²) < 4.78 is 17.7. The lowest BCUT2D eigenvalue weighted by molar-refractivity contribution is -0.184. The van der Waals surface area contributed by atoms with Crippen molar-refractivity contribution >= 4 is 15.9 Å². The molecule has 16 heavy (non-hydrogen) atoms. The summed E-state index contributed by atoms with van der Waals surface area (Å²) in [6.45, 7) is 1.92. The average Bonchev–Trinajstić information content (AvgIpc) is 2.29. The normalized spacial score (nSPS) is 28.4. The molecule has 2 atom stereocenters. The highest BCUT2D eigenvalue weighted by Gasteiger charge is 2.37. The predicted octanol–water partition coefficient (Wildman–Crippen LogP) is 3.28. The van der Waals surface area contributed by atoms with Crippen LogP contribution in [0, 0.1) is 0 Å². The molecule has 0 spiro atoms. The Labute approximate surface area is 104 Å². The van der Waals surface area contributed by atoms with Crippen molar-refractivity contribution in [1.29, 1.82) is 0 Å². The van der Waals surface area contributed by atoms with Crippen LogP contribution in [0.3, 0.4) is 0 Å². The van der Waals surface area contributed by atoms with E-state index in [1.807, 2.05) is 25.1 Å². The summed E-state index contributed by atoms with van der Waals surface area (Å²) in [6.07, 6.45) is 0.690. The van der Waals surface area contributed by atoms with Crippen LogP contribution in [-0.4, -0.2) is 20.0 Å². The van der Waals surface area contributed by atoms with E-state index in [1.165, 1.54) is 0 Å². The van der Waals surface area contributed by atoms with Crippen LogP contribution < -0.4 is 4.74 Å². The van der Waals surface area contributed by atoms with Gasteiger partial charge in [0.1, 0.15) is 5.75 Å². The lowest BCUT2D eigenvalue weighted by Gasteiger charge is -2.38. The Morgan fingerprint density at radius 2 is 2.19 bits per heavy atom. The van der Waals surface area contributed by atoms with Crippen molar-refractivity contribution < 1.29 is 14.2 Å². The van der Waals surface area contributed by atoms with Gasteiger partial charge in [0.2, 0.25) is 5.79 Å². The molecule has 0 aliphatic carbocycles. The topological polar surface area (TPSA) is 27.7 Å². The molecule has 4 heteroatoms. The van der Waals surface area contributed by atoms with Gasteiger partial charge in [-0.3, -0.25) is 0 Å². The number of hydrogen-bond acceptors (Lipinski definition) is 3. The van der Waals surface area contributed by atoms with Crippen LogP contribution in [0.2, 0.25) is 0 Å². The second-order valence-corrected chi connectivity index (χ2v) is 4.97. The van der Waals surface area contributed by atoms with E-state index in [9.17, 15) is 0 Å². The van der Waals surface area contributed by atoms with E-state index in [-0.39, 0.29) is 6.10 Å². The maximum absolute atomic E-state index is 5.83. The molecule has 0 N–H and O–H groups in total. The minimum absolute atomic E-state index is 0.00574. The zero-order valence-corrected chi connectivity index (χ0v) is 11.2. The summed E-state index contributed by atoms with van der Waals surface area (Å²) >= 11 is 3.45. The van der Waals surface area contributed by atoms with Crippen molar-refractivity contribution in [2.75, 3.05) is 14.2 Å². The predicted molar refractivity (Wildman–Crippen MR) is 64.6 cm³/mol. The minimum Gasteiger partial charge on any atom is -0.462 e. The van der Waals surface area contributed by atoms with Crippen LogP contribution in [0.4, 0.5) is 0 Å². The number of halogens is 1. The molecule has 1 aromatic rings. The van der Waals surface area contributed by atoms with Crippen molar-refractivity contribution in [2.45, 2.75) is 25.2 Å². The first-order valence-electron chi connectivity index (χ1n) is 5.14. The average molecular weight is 287 g/mol. The summed E-state index contributed by atoms with van der Waals surface area (Å²) in [5, 5.41) is 0. The molecular weight excluding hydrogens is 272 g/mol. The Balaban J connectivity index is 2.42. The van der Waals surface area contributed by atoms with Crippen LogP contribution in [0.25, 0.3) is 0 Å². The highest BCUT2D eigenvalue weighted by molar-refractivity contribution is 9.10. The van der Waals surface area contributed by atoms with E-state index in [0.29, 0.717) is 6.42 Å². The van der Waals surface area contributed by atoms with Crippen molar-refractivity contribution in [1.82, 2.24) is 0 Å². The lowest BCUT2D eigenvalue weighted by Crippen LogP contribution is -2.40. The first-order chi connectivity index (χ1) is 7.58. The fraction of sp³-hybridized carbons (Fsp3) is 0.500. The highest BCUT2D eigenvalue weighted by Crippen LogP contribution is 2.42. The van der Waals surface area contributed by atoms with Gasteiger partial charge in [-0.1, -0.05) is 15.9 Å². The van der Waals surface area contributed by atoms with Crippen LogP contribution in [0.5, 0.6) is 5.75 Å². The Morgan fingerprint density at radius 3 is 2.81 bits per heavy atom. The number of methoxy groups -OCH3 is 2. The molecular formula is C12H15BrO3. The van der Waals surface area contributed by atoms with Gasteiger partial charge in [0.25, 0.3) is 0 Å². The Kier molecular flexibility index (Phi) is 3.24. The van der Waals surface area contributed by atoms with Crippen molar-refractivity contribution in [2.24, 2.45) is 0 Å². The second-order valence-electron chi connectivity index (χ2n) is 4.05. The molecule has 0 saturated carbocycles. The third-order valence-corrected chi connectivity index (χ3v) is 3.41. The van der Waals surface area contributed by atoms with Gasteiger partial charge in [-0.15, -0.1) is 0 Å². The first-order valence-corrected chi connectivity index (χ1v) is 5.94. The molecule has 0 aromatic heterocycles. The number of ether oxygens (including phenoxy) is 3. The fourth-order valence-corrected chi connectivity index (χ4v) is 2.30. The van der Waals surface area contributed by atoms with E-state index < -0.39 is 5.79 Å². The van der Waals surface area contributed by atoms with Gasteiger partial charge in [0, 0.05) is 37.6 Å². The molecule has 3 nitrogen and oxygen atoms in total. The van der Waals surface area contributed by atoms with Gasteiger partial charge < -0.3 is 14.2 Å². The van der Waals surface area contributed by atoms with Crippen LogP contribution in [-0.2, 0) is 9.47 Å². The van der Waals surface area contributed by atoms with Crippen molar-refractivity contribution in [3.63, 3.8) is 0 Å². The molecule has 1 heterocycles. The van der Waals surface area contributed by atoms with Crippen molar-refractivity contribution in [3.05, 3.63) is 28.2 Å². The molecule has 0 saturated heterocycles. The van der Waals surface area contributed by atoms with Gasteiger partial charge in [0.05, 0.1) is 6.10 Å². The first kappa shape index (κ1) is 11.9. The monoisotopic (exact) mass is 286 g/mol. The quantitative estimate of drug-likeness (QED) is 0.835. The number of rotatable bonds is 2. The van der Waals surface area contributed by atoms with Gasteiger partial charge in [0.15, 0.2) is 0 Å². The smallest absolute Gasteiger partial charge is 0.210 e. The molecule has 1 aliphatic heterocycles. The zero-order chi connectivity index (χ0) is 11.8. The maximum Gasteiger partial charge on any atom is 0.210 e. The maximum atomic E-state index is 5.83. The molecule has 2 rings (SSSR count). The van der Waals surface area contributed by atoms with E-state index in [0.717, 1.165) is 15.8 Å². The molecule has 1 aromatic carbocycles. The number of fused-ring (bicyclic) bond motifs is 1. The summed E-state index contributed by atoms with van der Waals surface area (Å²) in [7, 11) is 3.35. The molecule has 0 fully saturated rings. The van der Waals surface area contributed by atoms with Crippen molar-refractivity contribution in [3.8, 4) is 5.75 Å². The van der Waals surface area contributed by atoms with Crippen LogP contribution in [0.15, 0.2) is 22.7 Å². The van der Waals surface area contributed by atoms with E-state index in [4.69, 9.17) is 14.2 Å². The van der Waals surface area contributed by atoms with E-state index in [2.05, 4.69) is 15.9 Å². The SMILES string of the molecule is CO[C@@H]1C[C@@](C)(OC)Oc2ccc(Br)cc21. The molecule has 0 bridgehead atoms.